The summed E-state index contributed by atoms with van der Waals surface area (Å²) in [5.41, 5.74) is 0.815. The molecule has 0 saturated carbocycles. The number of benzene rings is 2. The van der Waals surface area contributed by atoms with Crippen molar-refractivity contribution in [1.29, 1.82) is 0 Å². The fourth-order valence-electron chi connectivity index (χ4n) is 2.50. The zero-order valence-corrected chi connectivity index (χ0v) is 16.8. The minimum Gasteiger partial charge on any atom is -0.379 e. The molecular formula is C17H16BrClN2O4S. The van der Waals surface area contributed by atoms with Crippen molar-refractivity contribution in [3.63, 3.8) is 0 Å². The monoisotopic (exact) mass is 458 g/mol. The molecular weight excluding hydrogens is 444 g/mol. The Balaban J connectivity index is 1.87. The molecule has 2 aromatic carbocycles. The number of nitrogens with zero attached hydrogens (tertiary/aromatic N) is 1. The molecule has 6 nitrogen and oxygen atoms in total. The molecule has 1 amide bonds. The van der Waals surface area contributed by atoms with E-state index in [2.05, 4.69) is 21.2 Å². The lowest BCUT2D eigenvalue weighted by Gasteiger charge is -2.26. The van der Waals surface area contributed by atoms with Crippen molar-refractivity contribution in [1.82, 2.24) is 4.31 Å². The van der Waals surface area contributed by atoms with Gasteiger partial charge in [-0.1, -0.05) is 11.6 Å². The first-order chi connectivity index (χ1) is 12.4. The summed E-state index contributed by atoms with van der Waals surface area (Å²) in [6.07, 6.45) is 0. The predicted octanol–water partition coefficient (Wildman–Crippen LogP) is 3.38. The van der Waals surface area contributed by atoms with Gasteiger partial charge in [0.15, 0.2) is 0 Å². The summed E-state index contributed by atoms with van der Waals surface area (Å²) in [4.78, 5) is 12.5. The number of hydrogen-bond acceptors (Lipinski definition) is 4. The number of carbonyl (C=O) groups excluding carboxylic acids is 1. The van der Waals surface area contributed by atoms with E-state index in [1.54, 1.807) is 36.4 Å². The van der Waals surface area contributed by atoms with Crippen LogP contribution in [0.3, 0.4) is 0 Å². The van der Waals surface area contributed by atoms with Crippen LogP contribution in [0.1, 0.15) is 10.4 Å². The van der Waals surface area contributed by atoms with Crippen LogP contribution in [0.2, 0.25) is 5.02 Å². The van der Waals surface area contributed by atoms with Crippen molar-refractivity contribution in [2.45, 2.75) is 4.90 Å². The summed E-state index contributed by atoms with van der Waals surface area (Å²) in [7, 11) is -3.72. The van der Waals surface area contributed by atoms with E-state index in [0.717, 1.165) is 0 Å². The Morgan fingerprint density at radius 2 is 1.77 bits per heavy atom. The van der Waals surface area contributed by atoms with Crippen LogP contribution in [0.5, 0.6) is 0 Å². The molecule has 26 heavy (non-hydrogen) atoms. The van der Waals surface area contributed by atoms with E-state index in [1.807, 2.05) is 0 Å². The maximum Gasteiger partial charge on any atom is 0.255 e. The van der Waals surface area contributed by atoms with Gasteiger partial charge in [0, 0.05) is 33.8 Å². The van der Waals surface area contributed by atoms with E-state index in [4.69, 9.17) is 16.3 Å². The van der Waals surface area contributed by atoms with Gasteiger partial charge in [-0.15, -0.1) is 0 Å². The van der Waals surface area contributed by atoms with E-state index in [-0.39, 0.29) is 23.5 Å². The van der Waals surface area contributed by atoms with Gasteiger partial charge < -0.3 is 10.1 Å². The van der Waals surface area contributed by atoms with Gasteiger partial charge in [-0.2, -0.15) is 4.31 Å². The topological polar surface area (TPSA) is 75.7 Å². The average molecular weight is 460 g/mol. The summed E-state index contributed by atoms with van der Waals surface area (Å²) in [5.74, 6) is -0.404. The second-order valence-corrected chi connectivity index (χ2v) is 8.82. The molecule has 0 unspecified atom stereocenters. The minimum atomic E-state index is -3.72. The fraction of sp³-hybridized carbons (Fsp3) is 0.235. The highest BCUT2D eigenvalue weighted by molar-refractivity contribution is 9.10. The number of amides is 1. The van der Waals surface area contributed by atoms with Crippen LogP contribution in [0.15, 0.2) is 51.8 Å². The average Bonchev–Trinajstić information content (AvgIpc) is 2.64. The highest BCUT2D eigenvalue weighted by atomic mass is 79.9. The first-order valence-corrected chi connectivity index (χ1v) is 10.4. The molecule has 0 aromatic heterocycles. The summed E-state index contributed by atoms with van der Waals surface area (Å²) < 4.78 is 32.7. The highest BCUT2D eigenvalue weighted by Crippen LogP contribution is 2.27. The molecule has 1 heterocycles. The van der Waals surface area contributed by atoms with Gasteiger partial charge in [0.2, 0.25) is 10.0 Å². The van der Waals surface area contributed by atoms with Gasteiger partial charge in [-0.3, -0.25) is 4.79 Å². The number of nitrogens with one attached hydrogen (secondary N) is 1. The molecule has 138 valence electrons. The predicted molar refractivity (Wildman–Crippen MR) is 103 cm³/mol. The number of anilines is 1. The van der Waals surface area contributed by atoms with Gasteiger partial charge in [0.25, 0.3) is 5.91 Å². The molecule has 0 spiro atoms. The molecule has 0 atom stereocenters. The normalized spacial score (nSPS) is 15.6. The minimum absolute atomic E-state index is 0.0585. The van der Waals surface area contributed by atoms with Crippen LogP contribution in [-0.4, -0.2) is 44.9 Å². The smallest absolute Gasteiger partial charge is 0.255 e. The standard InChI is InChI=1S/C17H16BrClN2O4S/c18-15-6-1-12(17(22)20-14-4-2-13(19)3-5-14)11-16(15)26(23,24)21-7-9-25-10-8-21/h1-6,11H,7-10H2,(H,20,22). The Morgan fingerprint density at radius 1 is 1.12 bits per heavy atom. The second-order valence-electron chi connectivity index (χ2n) is 5.62. The Morgan fingerprint density at radius 3 is 2.42 bits per heavy atom. The molecule has 1 N–H and O–H groups in total. The number of hydrogen-bond donors (Lipinski definition) is 1. The third-order valence-corrected chi connectivity index (χ3v) is 7.03. The summed E-state index contributed by atoms with van der Waals surface area (Å²) in [6.45, 7) is 1.28. The number of ether oxygens (including phenoxy) is 1. The molecule has 0 radical (unpaired) electrons. The lowest BCUT2D eigenvalue weighted by molar-refractivity contribution is 0.0730. The first-order valence-electron chi connectivity index (χ1n) is 7.82. The van der Waals surface area contributed by atoms with Crippen LogP contribution in [0.4, 0.5) is 5.69 Å². The number of halogens is 2. The second kappa shape index (κ2) is 8.06. The van der Waals surface area contributed by atoms with Crippen molar-refractivity contribution in [2.24, 2.45) is 0 Å². The Labute approximate surface area is 165 Å². The molecule has 2 aromatic rings. The quantitative estimate of drug-likeness (QED) is 0.760. The SMILES string of the molecule is O=C(Nc1ccc(Cl)cc1)c1ccc(Br)c(S(=O)(=O)N2CCOCC2)c1. The van der Waals surface area contributed by atoms with Crippen LogP contribution >= 0.6 is 27.5 Å². The van der Waals surface area contributed by atoms with Gasteiger partial charge >= 0.3 is 0 Å². The van der Waals surface area contributed by atoms with Crippen LogP contribution in [0, 0.1) is 0 Å². The van der Waals surface area contributed by atoms with E-state index in [0.29, 0.717) is 28.4 Å². The van der Waals surface area contributed by atoms with E-state index in [1.165, 1.54) is 10.4 Å². The molecule has 0 bridgehead atoms. The zero-order chi connectivity index (χ0) is 18.7. The molecule has 1 fully saturated rings. The lowest BCUT2D eigenvalue weighted by atomic mass is 10.2. The summed E-state index contributed by atoms with van der Waals surface area (Å²) in [6, 6.07) is 11.2. The zero-order valence-electron chi connectivity index (χ0n) is 13.6. The third kappa shape index (κ3) is 4.27. The highest BCUT2D eigenvalue weighted by Gasteiger charge is 2.29. The molecule has 1 aliphatic rings. The fourth-order valence-corrected chi connectivity index (χ4v) is 4.99. The summed E-state index contributed by atoms with van der Waals surface area (Å²) in [5, 5.41) is 3.28. The van der Waals surface area contributed by atoms with Gasteiger partial charge in [0.05, 0.1) is 18.1 Å². The van der Waals surface area contributed by atoms with Crippen molar-refractivity contribution < 1.29 is 17.9 Å². The maximum absolute atomic E-state index is 12.9. The Hall–Kier alpha value is -1.45. The van der Waals surface area contributed by atoms with Crippen molar-refractivity contribution in [2.75, 3.05) is 31.6 Å². The summed E-state index contributed by atoms with van der Waals surface area (Å²) >= 11 is 9.10. The maximum atomic E-state index is 12.9. The molecule has 1 aliphatic heterocycles. The van der Waals surface area contributed by atoms with Crippen molar-refractivity contribution >= 4 is 49.1 Å². The van der Waals surface area contributed by atoms with E-state index >= 15 is 0 Å². The Kier molecular flexibility index (Phi) is 5.99. The molecule has 1 saturated heterocycles. The van der Waals surface area contributed by atoms with Crippen LogP contribution < -0.4 is 5.32 Å². The van der Waals surface area contributed by atoms with E-state index < -0.39 is 15.9 Å². The molecule has 0 aliphatic carbocycles. The Bertz CT molecular complexity index is 913. The van der Waals surface area contributed by atoms with Crippen molar-refractivity contribution in [3.8, 4) is 0 Å². The van der Waals surface area contributed by atoms with Gasteiger partial charge in [0.1, 0.15) is 0 Å². The number of morpholine rings is 1. The first kappa shape index (κ1) is 19.3. The van der Waals surface area contributed by atoms with Crippen LogP contribution in [-0.2, 0) is 14.8 Å². The van der Waals surface area contributed by atoms with Gasteiger partial charge in [-0.25, -0.2) is 8.42 Å². The van der Waals surface area contributed by atoms with E-state index in [9.17, 15) is 13.2 Å². The third-order valence-electron chi connectivity index (χ3n) is 3.88. The van der Waals surface area contributed by atoms with Crippen LogP contribution in [0.25, 0.3) is 0 Å². The lowest BCUT2D eigenvalue weighted by Crippen LogP contribution is -2.40. The largest absolute Gasteiger partial charge is 0.379 e. The number of rotatable bonds is 4. The molecule has 9 heteroatoms. The molecule has 3 rings (SSSR count). The number of carbonyl (C=O) groups is 1. The number of sulfonamides is 1. The van der Waals surface area contributed by atoms with Gasteiger partial charge in [-0.05, 0) is 58.4 Å². The van der Waals surface area contributed by atoms with Crippen molar-refractivity contribution in [3.05, 3.63) is 57.5 Å².